The molecule has 3 heteroatoms. The average Bonchev–Trinajstić information content (AvgIpc) is 3.22. The molecule has 1 saturated carbocycles. The van der Waals surface area contributed by atoms with E-state index in [4.69, 9.17) is 0 Å². The van der Waals surface area contributed by atoms with E-state index in [-0.39, 0.29) is 12.0 Å². The molecular weight excluding hydrogens is 358 g/mol. The van der Waals surface area contributed by atoms with Gasteiger partial charge in [-0.2, -0.15) is 0 Å². The second kappa shape index (κ2) is 9.59. The van der Waals surface area contributed by atoms with Crippen LogP contribution in [0.2, 0.25) is 0 Å². The van der Waals surface area contributed by atoms with Crippen LogP contribution in [-0.4, -0.2) is 35.5 Å². The molecule has 4 rings (SSSR count). The van der Waals surface area contributed by atoms with Crippen molar-refractivity contribution in [2.75, 3.05) is 13.1 Å². The van der Waals surface area contributed by atoms with Gasteiger partial charge in [-0.15, -0.1) is 0 Å². The van der Waals surface area contributed by atoms with E-state index in [1.165, 1.54) is 44.3 Å². The third kappa shape index (κ3) is 5.39. The maximum atomic E-state index is 10.6. The van der Waals surface area contributed by atoms with Crippen LogP contribution in [0.25, 0.3) is 0 Å². The Morgan fingerprint density at radius 1 is 1.24 bits per heavy atom. The zero-order chi connectivity index (χ0) is 20.2. The number of aliphatic hydroxyl groups excluding tert-OH is 2. The van der Waals surface area contributed by atoms with E-state index in [1.54, 1.807) is 5.57 Å². The SMILES string of the molecule is Cc1cccc(C[C@H](O)/C=C/[C@@H]2[C@H]3CC(CCC4CCNCC4)=C[C@H]3C[C@H]2O)c1. The minimum atomic E-state index is -0.489. The fourth-order valence-corrected chi connectivity index (χ4v) is 5.76. The molecule has 1 heterocycles. The summed E-state index contributed by atoms with van der Waals surface area (Å²) in [7, 11) is 0. The summed E-state index contributed by atoms with van der Waals surface area (Å²) >= 11 is 0. The molecule has 1 saturated heterocycles. The molecule has 29 heavy (non-hydrogen) atoms. The van der Waals surface area contributed by atoms with Crippen molar-refractivity contribution < 1.29 is 10.2 Å². The smallest absolute Gasteiger partial charge is 0.0761 e. The molecule has 2 fully saturated rings. The van der Waals surface area contributed by atoms with Crippen LogP contribution >= 0.6 is 0 Å². The Hall–Kier alpha value is -1.42. The average molecular weight is 396 g/mol. The summed E-state index contributed by atoms with van der Waals surface area (Å²) in [5, 5.41) is 24.5. The zero-order valence-corrected chi connectivity index (χ0v) is 17.8. The van der Waals surface area contributed by atoms with Gasteiger partial charge in [-0.3, -0.25) is 0 Å². The first-order valence-electron chi connectivity index (χ1n) is 11.6. The largest absolute Gasteiger partial charge is 0.392 e. The highest BCUT2D eigenvalue weighted by atomic mass is 16.3. The Kier molecular flexibility index (Phi) is 6.89. The number of piperidine rings is 1. The molecule has 3 nitrogen and oxygen atoms in total. The van der Waals surface area contributed by atoms with Crippen LogP contribution in [0.15, 0.2) is 48.1 Å². The van der Waals surface area contributed by atoms with Gasteiger partial charge in [0.15, 0.2) is 0 Å². The summed E-state index contributed by atoms with van der Waals surface area (Å²) in [6.45, 7) is 4.44. The van der Waals surface area contributed by atoms with Crippen molar-refractivity contribution in [1.29, 1.82) is 0 Å². The van der Waals surface area contributed by atoms with E-state index in [1.807, 2.05) is 12.1 Å². The monoisotopic (exact) mass is 395 g/mol. The normalized spacial score (nSPS) is 31.2. The number of fused-ring (bicyclic) bond motifs is 1. The number of aryl methyl sites for hydroxylation is 1. The van der Waals surface area contributed by atoms with Gasteiger partial charge in [0.1, 0.15) is 0 Å². The van der Waals surface area contributed by atoms with E-state index >= 15 is 0 Å². The van der Waals surface area contributed by atoms with Gasteiger partial charge < -0.3 is 15.5 Å². The number of nitrogens with one attached hydrogen (secondary N) is 1. The summed E-state index contributed by atoms with van der Waals surface area (Å²) < 4.78 is 0. The van der Waals surface area contributed by atoms with Crippen LogP contribution in [-0.2, 0) is 6.42 Å². The van der Waals surface area contributed by atoms with Crippen LogP contribution in [0, 0.1) is 30.6 Å². The number of hydrogen-bond acceptors (Lipinski definition) is 3. The highest BCUT2D eigenvalue weighted by molar-refractivity contribution is 5.24. The van der Waals surface area contributed by atoms with Crippen molar-refractivity contribution in [3.05, 3.63) is 59.2 Å². The van der Waals surface area contributed by atoms with Crippen LogP contribution in [0.1, 0.15) is 49.7 Å². The number of rotatable bonds is 7. The van der Waals surface area contributed by atoms with Crippen LogP contribution < -0.4 is 5.32 Å². The molecule has 0 amide bonds. The first-order valence-corrected chi connectivity index (χ1v) is 11.6. The number of hydrogen-bond donors (Lipinski definition) is 3. The van der Waals surface area contributed by atoms with Crippen LogP contribution in [0.5, 0.6) is 0 Å². The number of benzene rings is 1. The van der Waals surface area contributed by atoms with Gasteiger partial charge in [0, 0.05) is 12.3 Å². The van der Waals surface area contributed by atoms with E-state index in [0.29, 0.717) is 18.3 Å². The molecule has 1 aliphatic heterocycles. The Bertz CT molecular complexity index is 734. The first kappa shape index (κ1) is 20.8. The van der Waals surface area contributed by atoms with Crippen molar-refractivity contribution in [3.8, 4) is 0 Å². The van der Waals surface area contributed by atoms with Crippen molar-refractivity contribution in [2.24, 2.45) is 23.7 Å². The first-order chi connectivity index (χ1) is 14.1. The molecule has 0 bridgehead atoms. The topological polar surface area (TPSA) is 52.5 Å². The quantitative estimate of drug-likeness (QED) is 0.607. The molecule has 5 atom stereocenters. The van der Waals surface area contributed by atoms with E-state index in [2.05, 4.69) is 42.6 Å². The van der Waals surface area contributed by atoms with Gasteiger partial charge in [0.2, 0.25) is 0 Å². The Morgan fingerprint density at radius 2 is 2.07 bits per heavy atom. The molecular formula is C26H37NO2. The van der Waals surface area contributed by atoms with Gasteiger partial charge in [-0.05, 0) is 81.9 Å². The summed E-state index contributed by atoms with van der Waals surface area (Å²) in [5.41, 5.74) is 4.00. The van der Waals surface area contributed by atoms with E-state index in [0.717, 1.165) is 24.3 Å². The summed E-state index contributed by atoms with van der Waals surface area (Å²) in [5.74, 6) is 2.11. The molecule has 1 aromatic carbocycles. The predicted octanol–water partition coefficient (Wildman–Crippen LogP) is 4.18. The lowest BCUT2D eigenvalue weighted by atomic mass is 9.87. The van der Waals surface area contributed by atoms with Crippen molar-refractivity contribution in [3.63, 3.8) is 0 Å². The van der Waals surface area contributed by atoms with E-state index < -0.39 is 6.10 Å². The zero-order valence-electron chi connectivity index (χ0n) is 17.8. The molecule has 158 valence electrons. The second-order valence-corrected chi connectivity index (χ2v) is 9.61. The lowest BCUT2D eigenvalue weighted by Crippen LogP contribution is -2.27. The second-order valence-electron chi connectivity index (χ2n) is 9.61. The maximum Gasteiger partial charge on any atom is 0.0761 e. The highest BCUT2D eigenvalue weighted by Gasteiger charge is 2.43. The standard InChI is InChI=1S/C26H37NO2/c1-18-3-2-4-20(13-18)15-23(28)7-8-24-25-16-21(14-22(25)17-26(24)29)6-5-19-9-11-27-12-10-19/h2-4,7-8,13-14,19,22-29H,5-6,9-12,15-17H2,1H3/b8-7+/t22-,23+,24+,25-,26+/m0/s1. The van der Waals surface area contributed by atoms with Crippen molar-refractivity contribution >= 4 is 0 Å². The van der Waals surface area contributed by atoms with Crippen molar-refractivity contribution in [2.45, 2.75) is 64.1 Å². The Balaban J connectivity index is 1.29. The van der Waals surface area contributed by atoms with Gasteiger partial charge >= 0.3 is 0 Å². The maximum absolute atomic E-state index is 10.6. The Labute approximate surface area is 175 Å². The van der Waals surface area contributed by atoms with E-state index in [9.17, 15) is 10.2 Å². The minimum absolute atomic E-state index is 0.180. The van der Waals surface area contributed by atoms with Gasteiger partial charge in [0.25, 0.3) is 0 Å². The molecule has 0 unspecified atom stereocenters. The molecule has 1 aromatic rings. The molecule has 0 spiro atoms. The van der Waals surface area contributed by atoms with Crippen LogP contribution in [0.3, 0.4) is 0 Å². The fraction of sp³-hybridized carbons (Fsp3) is 0.615. The van der Waals surface area contributed by atoms with Crippen molar-refractivity contribution in [1.82, 2.24) is 5.32 Å². The Morgan fingerprint density at radius 3 is 2.86 bits per heavy atom. The van der Waals surface area contributed by atoms with Crippen LogP contribution in [0.4, 0.5) is 0 Å². The third-order valence-corrected chi connectivity index (χ3v) is 7.37. The van der Waals surface area contributed by atoms with Gasteiger partial charge in [-0.25, -0.2) is 0 Å². The van der Waals surface area contributed by atoms with Gasteiger partial charge in [-0.1, -0.05) is 53.6 Å². The third-order valence-electron chi connectivity index (χ3n) is 7.37. The predicted molar refractivity (Wildman–Crippen MR) is 119 cm³/mol. The fourth-order valence-electron chi connectivity index (χ4n) is 5.76. The number of allylic oxidation sites excluding steroid dienone is 2. The molecule has 3 N–H and O–H groups in total. The highest BCUT2D eigenvalue weighted by Crippen LogP contribution is 2.48. The van der Waals surface area contributed by atoms with Gasteiger partial charge in [0.05, 0.1) is 12.2 Å². The molecule has 3 aliphatic rings. The number of aliphatic hydroxyl groups is 2. The molecule has 0 radical (unpaired) electrons. The lowest BCUT2D eigenvalue weighted by Gasteiger charge is -2.23. The summed E-state index contributed by atoms with van der Waals surface area (Å²) in [6.07, 6.45) is 13.6. The molecule has 0 aromatic heterocycles. The lowest BCUT2D eigenvalue weighted by molar-refractivity contribution is 0.140. The summed E-state index contributed by atoms with van der Waals surface area (Å²) in [6, 6.07) is 8.33. The summed E-state index contributed by atoms with van der Waals surface area (Å²) in [4.78, 5) is 0. The molecule has 2 aliphatic carbocycles. The minimum Gasteiger partial charge on any atom is -0.392 e.